The molecule has 1 rings (SSSR count). The molecule has 3 nitrogen and oxygen atoms in total. The van der Waals surface area contributed by atoms with Crippen molar-refractivity contribution in [3.8, 4) is 0 Å². The maximum Gasteiger partial charge on any atom is 0.257 e. The Bertz CT molecular complexity index is 477. The van der Waals surface area contributed by atoms with E-state index in [9.17, 15) is 13.6 Å². The number of carbonyl (C=O) groups excluding carboxylic acids is 1. The van der Waals surface area contributed by atoms with Gasteiger partial charge >= 0.3 is 0 Å². The van der Waals surface area contributed by atoms with Crippen molar-refractivity contribution in [2.75, 3.05) is 13.1 Å². The lowest BCUT2D eigenvalue weighted by molar-refractivity contribution is 0.0919. The van der Waals surface area contributed by atoms with Gasteiger partial charge in [0.25, 0.3) is 5.91 Å². The highest BCUT2D eigenvalue weighted by molar-refractivity contribution is 5.95. The van der Waals surface area contributed by atoms with Crippen molar-refractivity contribution in [1.29, 1.82) is 0 Å². The summed E-state index contributed by atoms with van der Waals surface area (Å²) in [5, 5.41) is 2.60. The zero-order valence-corrected chi connectivity index (χ0v) is 12.2. The monoisotopic (exact) mass is 284 g/mol. The number of hydrogen-bond donors (Lipinski definition) is 2. The summed E-state index contributed by atoms with van der Waals surface area (Å²) < 4.78 is 27.5. The first-order valence-electron chi connectivity index (χ1n) is 6.83. The molecule has 20 heavy (non-hydrogen) atoms. The van der Waals surface area contributed by atoms with Gasteiger partial charge in [0.05, 0.1) is 0 Å². The van der Waals surface area contributed by atoms with E-state index >= 15 is 0 Å². The van der Waals surface area contributed by atoms with Crippen molar-refractivity contribution >= 4 is 5.91 Å². The lowest BCUT2D eigenvalue weighted by Gasteiger charge is -2.30. The van der Waals surface area contributed by atoms with E-state index in [1.54, 1.807) is 0 Å². The number of amides is 1. The first-order chi connectivity index (χ1) is 9.40. The van der Waals surface area contributed by atoms with Crippen molar-refractivity contribution in [2.45, 2.75) is 33.6 Å². The van der Waals surface area contributed by atoms with Crippen LogP contribution in [0.4, 0.5) is 8.78 Å². The van der Waals surface area contributed by atoms with E-state index in [1.807, 2.05) is 13.8 Å². The van der Waals surface area contributed by atoms with Crippen molar-refractivity contribution in [2.24, 2.45) is 11.1 Å². The fourth-order valence-corrected chi connectivity index (χ4v) is 2.08. The first kappa shape index (κ1) is 16.6. The topological polar surface area (TPSA) is 55.1 Å². The smallest absolute Gasteiger partial charge is 0.257 e. The zero-order valence-electron chi connectivity index (χ0n) is 12.2. The van der Waals surface area contributed by atoms with E-state index in [0.29, 0.717) is 13.1 Å². The number of rotatable bonds is 6. The van der Waals surface area contributed by atoms with Crippen molar-refractivity contribution in [3.05, 3.63) is 34.9 Å². The Hall–Kier alpha value is -1.49. The summed E-state index contributed by atoms with van der Waals surface area (Å²) in [7, 11) is 0. The lowest BCUT2D eigenvalue weighted by atomic mass is 9.82. The fourth-order valence-electron chi connectivity index (χ4n) is 2.08. The molecule has 1 aromatic rings. The summed E-state index contributed by atoms with van der Waals surface area (Å²) in [5.41, 5.74) is 5.23. The highest BCUT2D eigenvalue weighted by Crippen LogP contribution is 2.24. The van der Waals surface area contributed by atoms with Gasteiger partial charge in [0.2, 0.25) is 0 Å². The number of benzene rings is 1. The molecule has 0 spiro atoms. The molecule has 112 valence electrons. The van der Waals surface area contributed by atoms with Gasteiger partial charge in [0.1, 0.15) is 17.2 Å². The summed E-state index contributed by atoms with van der Waals surface area (Å²) in [4.78, 5) is 12.0. The summed E-state index contributed by atoms with van der Waals surface area (Å²) in [6.45, 7) is 6.18. The van der Waals surface area contributed by atoms with Crippen LogP contribution in [0.15, 0.2) is 12.1 Å². The minimum absolute atomic E-state index is 0.230. The van der Waals surface area contributed by atoms with Gasteiger partial charge in [-0.15, -0.1) is 0 Å². The van der Waals surface area contributed by atoms with Crippen LogP contribution in [0.3, 0.4) is 0 Å². The maximum atomic E-state index is 13.9. The van der Waals surface area contributed by atoms with Gasteiger partial charge in [-0.3, -0.25) is 4.79 Å². The van der Waals surface area contributed by atoms with Crippen molar-refractivity contribution in [1.82, 2.24) is 5.32 Å². The molecule has 1 amide bonds. The summed E-state index contributed by atoms with van der Waals surface area (Å²) >= 11 is 0. The maximum absolute atomic E-state index is 13.9. The second kappa shape index (κ2) is 6.79. The van der Waals surface area contributed by atoms with Crippen LogP contribution in [0, 0.1) is 24.0 Å². The summed E-state index contributed by atoms with van der Waals surface area (Å²) in [6, 6.07) is 2.41. The number of halogens is 2. The standard InChI is InChI=1S/C15H22F2N2O/c1-4-15(5-2,8-18)9-19-14(20)12-11(16)7-6-10(3)13(12)17/h6-7H,4-5,8-9,18H2,1-3H3,(H,19,20). The van der Waals surface area contributed by atoms with Gasteiger partial charge in [0.15, 0.2) is 0 Å². The van der Waals surface area contributed by atoms with Crippen LogP contribution < -0.4 is 11.1 Å². The largest absolute Gasteiger partial charge is 0.351 e. The summed E-state index contributed by atoms with van der Waals surface area (Å²) in [5.74, 6) is -2.39. The Morgan fingerprint density at radius 1 is 1.30 bits per heavy atom. The van der Waals surface area contributed by atoms with Crippen LogP contribution in [-0.4, -0.2) is 19.0 Å². The lowest BCUT2D eigenvalue weighted by Crippen LogP contribution is -2.42. The number of nitrogens with two attached hydrogens (primary N) is 1. The Labute approximate surface area is 118 Å². The van der Waals surface area contributed by atoms with E-state index in [0.717, 1.165) is 18.9 Å². The molecule has 0 aliphatic carbocycles. The Balaban J connectivity index is 2.90. The van der Waals surface area contributed by atoms with Gasteiger partial charge in [-0.25, -0.2) is 8.78 Å². The SMILES string of the molecule is CCC(CC)(CN)CNC(=O)c1c(F)ccc(C)c1F. The second-order valence-corrected chi connectivity index (χ2v) is 5.15. The van der Waals surface area contributed by atoms with E-state index in [4.69, 9.17) is 5.73 Å². The number of aryl methyl sites for hydroxylation is 1. The normalized spacial score (nSPS) is 11.5. The van der Waals surface area contributed by atoms with E-state index in [1.165, 1.54) is 13.0 Å². The molecule has 0 unspecified atom stereocenters. The Morgan fingerprint density at radius 3 is 2.40 bits per heavy atom. The molecule has 1 aromatic carbocycles. The molecule has 0 aliphatic heterocycles. The number of nitrogens with one attached hydrogen (secondary N) is 1. The third-order valence-corrected chi connectivity index (χ3v) is 4.07. The molecule has 0 saturated carbocycles. The molecule has 0 fully saturated rings. The molecule has 0 heterocycles. The second-order valence-electron chi connectivity index (χ2n) is 5.15. The van der Waals surface area contributed by atoms with Gasteiger partial charge in [-0.05, 0) is 43.4 Å². The molecule has 0 aliphatic rings. The Kier molecular flexibility index (Phi) is 5.62. The molecular formula is C15H22F2N2O. The first-order valence-corrected chi connectivity index (χ1v) is 6.83. The van der Waals surface area contributed by atoms with E-state index < -0.39 is 23.1 Å². The predicted octanol–water partition coefficient (Wildman–Crippen LogP) is 2.77. The molecule has 0 bridgehead atoms. The molecule has 0 radical (unpaired) electrons. The van der Waals surface area contributed by atoms with Gasteiger partial charge in [0, 0.05) is 6.54 Å². The van der Waals surface area contributed by atoms with Gasteiger partial charge in [-0.1, -0.05) is 19.9 Å². The van der Waals surface area contributed by atoms with Gasteiger partial charge < -0.3 is 11.1 Å². The van der Waals surface area contributed by atoms with Crippen LogP contribution in [-0.2, 0) is 0 Å². The third-order valence-electron chi connectivity index (χ3n) is 4.07. The highest BCUT2D eigenvalue weighted by Gasteiger charge is 2.26. The molecule has 5 heteroatoms. The number of hydrogen-bond acceptors (Lipinski definition) is 2. The molecular weight excluding hydrogens is 262 g/mol. The number of carbonyl (C=O) groups is 1. The van der Waals surface area contributed by atoms with Crippen LogP contribution >= 0.6 is 0 Å². The van der Waals surface area contributed by atoms with Crippen LogP contribution in [0.5, 0.6) is 0 Å². The van der Waals surface area contributed by atoms with Crippen LogP contribution in [0.2, 0.25) is 0 Å². The third kappa shape index (κ3) is 3.33. The highest BCUT2D eigenvalue weighted by atomic mass is 19.1. The van der Waals surface area contributed by atoms with E-state index in [2.05, 4.69) is 5.32 Å². The summed E-state index contributed by atoms with van der Waals surface area (Å²) in [6.07, 6.45) is 1.58. The average molecular weight is 284 g/mol. The zero-order chi connectivity index (χ0) is 15.3. The quantitative estimate of drug-likeness (QED) is 0.844. The Morgan fingerprint density at radius 2 is 1.90 bits per heavy atom. The van der Waals surface area contributed by atoms with E-state index in [-0.39, 0.29) is 11.0 Å². The molecule has 3 N–H and O–H groups in total. The molecule has 0 atom stereocenters. The molecule has 0 saturated heterocycles. The minimum Gasteiger partial charge on any atom is -0.351 e. The van der Waals surface area contributed by atoms with Gasteiger partial charge in [-0.2, -0.15) is 0 Å². The van der Waals surface area contributed by atoms with Crippen LogP contribution in [0.1, 0.15) is 42.6 Å². The predicted molar refractivity (Wildman–Crippen MR) is 75.5 cm³/mol. The molecule has 0 aromatic heterocycles. The minimum atomic E-state index is -0.850. The average Bonchev–Trinajstić information content (AvgIpc) is 2.45. The van der Waals surface area contributed by atoms with Crippen molar-refractivity contribution in [3.63, 3.8) is 0 Å². The fraction of sp³-hybridized carbons (Fsp3) is 0.533. The van der Waals surface area contributed by atoms with Crippen molar-refractivity contribution < 1.29 is 13.6 Å². The van der Waals surface area contributed by atoms with Crippen LogP contribution in [0.25, 0.3) is 0 Å².